The molecule has 0 saturated carbocycles. The van der Waals surface area contributed by atoms with Crippen molar-refractivity contribution in [3.63, 3.8) is 0 Å². The summed E-state index contributed by atoms with van der Waals surface area (Å²) in [6, 6.07) is 6.44. The summed E-state index contributed by atoms with van der Waals surface area (Å²) in [7, 11) is 4.95. The maximum atomic E-state index is 12.1. The van der Waals surface area contributed by atoms with E-state index in [0.717, 1.165) is 0 Å². The molecule has 0 fully saturated rings. The first kappa shape index (κ1) is 15.6. The predicted molar refractivity (Wildman–Crippen MR) is 81.4 cm³/mol. The molecule has 0 bridgehead atoms. The Bertz CT molecular complexity index is 653. The molecule has 0 atom stereocenters. The fourth-order valence-electron chi connectivity index (χ4n) is 1.78. The van der Waals surface area contributed by atoms with Crippen molar-refractivity contribution >= 4 is 17.6 Å². The van der Waals surface area contributed by atoms with Gasteiger partial charge in [0.1, 0.15) is 11.5 Å². The highest BCUT2D eigenvalue weighted by atomic mass is 16.3. The smallest absolute Gasteiger partial charge is 0.321 e. The van der Waals surface area contributed by atoms with Gasteiger partial charge in [-0.3, -0.25) is 9.78 Å². The van der Waals surface area contributed by atoms with Crippen LogP contribution >= 0.6 is 0 Å². The van der Waals surface area contributed by atoms with Crippen LogP contribution < -0.4 is 5.32 Å². The summed E-state index contributed by atoms with van der Waals surface area (Å²) in [5.74, 6) is 0.468. The molecule has 0 radical (unpaired) electrons. The number of anilines is 1. The Hall–Kier alpha value is -2.83. The Balaban J connectivity index is 2.02. The van der Waals surface area contributed by atoms with Crippen LogP contribution in [0.25, 0.3) is 0 Å². The Morgan fingerprint density at radius 2 is 2.05 bits per heavy atom. The second kappa shape index (κ2) is 6.75. The van der Waals surface area contributed by atoms with Crippen LogP contribution in [0.4, 0.5) is 10.5 Å². The van der Waals surface area contributed by atoms with Gasteiger partial charge >= 0.3 is 6.03 Å². The normalized spacial score (nSPS) is 10.1. The van der Waals surface area contributed by atoms with Gasteiger partial charge < -0.3 is 19.5 Å². The van der Waals surface area contributed by atoms with Gasteiger partial charge in [-0.05, 0) is 24.3 Å². The van der Waals surface area contributed by atoms with Crippen molar-refractivity contribution in [3.05, 3.63) is 48.2 Å². The van der Waals surface area contributed by atoms with Gasteiger partial charge in [-0.2, -0.15) is 0 Å². The van der Waals surface area contributed by atoms with Crippen molar-refractivity contribution in [1.82, 2.24) is 14.8 Å². The quantitative estimate of drug-likeness (QED) is 0.937. The molecule has 2 rings (SSSR count). The summed E-state index contributed by atoms with van der Waals surface area (Å²) < 4.78 is 5.20. The number of rotatable bonds is 4. The average molecular weight is 302 g/mol. The molecule has 0 unspecified atom stereocenters. The van der Waals surface area contributed by atoms with Crippen LogP contribution in [-0.4, -0.2) is 47.9 Å². The van der Waals surface area contributed by atoms with Crippen LogP contribution in [0.3, 0.4) is 0 Å². The summed E-state index contributed by atoms with van der Waals surface area (Å²) in [5.41, 5.74) is 0.785. The molecule has 0 aromatic carbocycles. The molecule has 7 heteroatoms. The monoisotopic (exact) mass is 302 g/mol. The Kier molecular flexibility index (Phi) is 4.77. The first-order valence-corrected chi connectivity index (χ1v) is 6.69. The molecule has 0 aliphatic rings. The van der Waals surface area contributed by atoms with Gasteiger partial charge in [0.2, 0.25) is 0 Å². The molecule has 0 saturated heterocycles. The second-order valence-electron chi connectivity index (χ2n) is 4.99. The van der Waals surface area contributed by atoms with Crippen molar-refractivity contribution in [1.29, 1.82) is 0 Å². The molecule has 3 amide bonds. The number of carbonyl (C=O) groups excluding carboxylic acids is 2. The summed E-state index contributed by atoms with van der Waals surface area (Å²) >= 11 is 0. The maximum absolute atomic E-state index is 12.1. The van der Waals surface area contributed by atoms with E-state index in [4.69, 9.17) is 4.42 Å². The number of carbonyl (C=O) groups is 2. The largest absolute Gasteiger partial charge is 0.467 e. The van der Waals surface area contributed by atoms with Crippen molar-refractivity contribution in [2.24, 2.45) is 0 Å². The van der Waals surface area contributed by atoms with E-state index in [1.807, 2.05) is 0 Å². The Morgan fingerprint density at radius 3 is 2.68 bits per heavy atom. The standard InChI is InChI=1S/C15H18N4O3/c1-18(2)14(20)13-9-11(6-7-16-13)17-15(21)19(3)10-12-5-4-8-22-12/h4-9H,10H2,1-3H3,(H,16,17,21). The molecule has 0 spiro atoms. The van der Waals surface area contributed by atoms with Crippen LogP contribution in [0, 0.1) is 0 Å². The van der Waals surface area contributed by atoms with Crippen molar-refractivity contribution in [2.75, 3.05) is 26.5 Å². The van der Waals surface area contributed by atoms with E-state index in [9.17, 15) is 9.59 Å². The van der Waals surface area contributed by atoms with Crippen LogP contribution in [0.5, 0.6) is 0 Å². The minimum Gasteiger partial charge on any atom is -0.467 e. The number of pyridine rings is 1. The van der Waals surface area contributed by atoms with Crippen molar-refractivity contribution in [2.45, 2.75) is 6.54 Å². The van der Waals surface area contributed by atoms with Gasteiger partial charge in [0.25, 0.3) is 5.91 Å². The molecule has 2 aromatic heterocycles. The Morgan fingerprint density at radius 1 is 1.27 bits per heavy atom. The van der Waals surface area contributed by atoms with Gasteiger partial charge in [-0.15, -0.1) is 0 Å². The van der Waals surface area contributed by atoms with Gasteiger partial charge in [0.05, 0.1) is 12.8 Å². The molecule has 116 valence electrons. The van der Waals surface area contributed by atoms with Gasteiger partial charge in [0, 0.05) is 33.0 Å². The SMILES string of the molecule is CN(C)C(=O)c1cc(NC(=O)N(C)Cc2ccco2)ccn1. The predicted octanol–water partition coefficient (Wildman–Crippen LogP) is 2.04. The van der Waals surface area contributed by atoms with Crippen molar-refractivity contribution in [3.8, 4) is 0 Å². The first-order valence-electron chi connectivity index (χ1n) is 6.69. The van der Waals surface area contributed by atoms with Crippen LogP contribution in [-0.2, 0) is 6.54 Å². The van der Waals surface area contributed by atoms with Gasteiger partial charge in [-0.1, -0.05) is 0 Å². The lowest BCUT2D eigenvalue weighted by Gasteiger charge is -2.17. The zero-order valence-electron chi connectivity index (χ0n) is 12.7. The summed E-state index contributed by atoms with van der Waals surface area (Å²) in [6.45, 7) is 0.355. The van der Waals surface area contributed by atoms with Crippen molar-refractivity contribution < 1.29 is 14.0 Å². The van der Waals surface area contributed by atoms with E-state index < -0.39 is 0 Å². The molecule has 0 aliphatic carbocycles. The number of nitrogens with one attached hydrogen (secondary N) is 1. The lowest BCUT2D eigenvalue weighted by molar-refractivity contribution is 0.0822. The number of furan rings is 1. The number of amides is 3. The third kappa shape index (κ3) is 3.85. The number of hydrogen-bond donors (Lipinski definition) is 1. The molecule has 2 aromatic rings. The minimum atomic E-state index is -0.300. The molecule has 2 heterocycles. The summed E-state index contributed by atoms with van der Waals surface area (Å²) in [4.78, 5) is 30.9. The highest BCUT2D eigenvalue weighted by Crippen LogP contribution is 2.11. The number of hydrogen-bond acceptors (Lipinski definition) is 4. The lowest BCUT2D eigenvalue weighted by Crippen LogP contribution is -2.31. The molecular formula is C15H18N4O3. The Labute approximate surface area is 128 Å². The average Bonchev–Trinajstić information content (AvgIpc) is 2.99. The van der Waals surface area contributed by atoms with E-state index in [0.29, 0.717) is 18.0 Å². The fourth-order valence-corrected chi connectivity index (χ4v) is 1.78. The van der Waals surface area contributed by atoms with Crippen LogP contribution in [0.1, 0.15) is 16.2 Å². The van der Waals surface area contributed by atoms with Gasteiger partial charge in [0.15, 0.2) is 0 Å². The summed E-state index contributed by atoms with van der Waals surface area (Å²) in [6.07, 6.45) is 3.04. The van der Waals surface area contributed by atoms with E-state index >= 15 is 0 Å². The van der Waals surface area contributed by atoms with E-state index in [-0.39, 0.29) is 17.6 Å². The maximum Gasteiger partial charge on any atom is 0.321 e. The molecule has 7 nitrogen and oxygen atoms in total. The van der Waals surface area contributed by atoms with Crippen LogP contribution in [0.2, 0.25) is 0 Å². The van der Waals surface area contributed by atoms with Gasteiger partial charge in [-0.25, -0.2) is 4.79 Å². The number of urea groups is 1. The van der Waals surface area contributed by atoms with E-state index in [2.05, 4.69) is 10.3 Å². The van der Waals surface area contributed by atoms with E-state index in [1.54, 1.807) is 51.7 Å². The topological polar surface area (TPSA) is 78.7 Å². The highest BCUT2D eigenvalue weighted by Gasteiger charge is 2.13. The zero-order valence-corrected chi connectivity index (χ0v) is 12.7. The van der Waals surface area contributed by atoms with E-state index in [1.165, 1.54) is 16.0 Å². The molecule has 1 N–H and O–H groups in total. The lowest BCUT2D eigenvalue weighted by atomic mass is 10.3. The fraction of sp³-hybridized carbons (Fsp3) is 0.267. The third-order valence-electron chi connectivity index (χ3n) is 2.96. The molecular weight excluding hydrogens is 284 g/mol. The minimum absolute atomic E-state index is 0.222. The number of aromatic nitrogens is 1. The first-order chi connectivity index (χ1) is 10.5. The number of nitrogens with zero attached hydrogens (tertiary/aromatic N) is 3. The molecule has 22 heavy (non-hydrogen) atoms. The highest BCUT2D eigenvalue weighted by molar-refractivity contribution is 5.94. The van der Waals surface area contributed by atoms with Crippen LogP contribution in [0.15, 0.2) is 41.1 Å². The summed E-state index contributed by atoms with van der Waals surface area (Å²) in [5, 5.41) is 2.72. The molecule has 0 aliphatic heterocycles. The second-order valence-corrected chi connectivity index (χ2v) is 4.99. The third-order valence-corrected chi connectivity index (χ3v) is 2.96. The zero-order chi connectivity index (χ0) is 16.1.